The van der Waals surface area contributed by atoms with Gasteiger partial charge < -0.3 is 5.32 Å². The fraction of sp³-hybridized carbons (Fsp3) is 0.733. The van der Waals surface area contributed by atoms with Gasteiger partial charge in [0.05, 0.1) is 3.79 Å². The predicted octanol–water partition coefficient (Wildman–Crippen LogP) is 4.80. The van der Waals surface area contributed by atoms with Gasteiger partial charge in [-0.15, -0.1) is 36.2 Å². The number of aryl methyl sites for hydroxylation is 1. The summed E-state index contributed by atoms with van der Waals surface area (Å²) in [4.78, 5) is 4.31. The highest BCUT2D eigenvalue weighted by Gasteiger charge is 2.33. The van der Waals surface area contributed by atoms with Gasteiger partial charge in [-0.25, -0.2) is 0 Å². The zero-order valence-electron chi connectivity index (χ0n) is 12.4. The van der Waals surface area contributed by atoms with Gasteiger partial charge in [-0.3, -0.25) is 4.90 Å². The zero-order valence-corrected chi connectivity index (χ0v) is 16.5. The van der Waals surface area contributed by atoms with Crippen LogP contribution in [0.15, 0.2) is 9.85 Å². The molecule has 0 amide bonds. The van der Waals surface area contributed by atoms with Crippen molar-refractivity contribution >= 4 is 52.1 Å². The van der Waals surface area contributed by atoms with Crippen LogP contribution in [0.5, 0.6) is 0 Å². The first-order chi connectivity index (χ1) is 9.25. The van der Waals surface area contributed by atoms with Gasteiger partial charge in [-0.1, -0.05) is 12.8 Å². The Morgan fingerprint density at radius 3 is 2.38 bits per heavy atom. The van der Waals surface area contributed by atoms with Crippen LogP contribution in [-0.2, 0) is 0 Å². The van der Waals surface area contributed by atoms with Crippen LogP contribution in [-0.4, -0.2) is 31.1 Å². The Kier molecular flexibility index (Phi) is 8.54. The fourth-order valence-electron chi connectivity index (χ4n) is 3.57. The molecule has 1 aliphatic heterocycles. The summed E-state index contributed by atoms with van der Waals surface area (Å²) < 4.78 is 1.32. The van der Waals surface area contributed by atoms with Crippen molar-refractivity contribution in [2.75, 3.05) is 26.2 Å². The number of hydrogen-bond acceptors (Lipinski definition) is 3. The smallest absolute Gasteiger partial charge is 0.0731 e. The van der Waals surface area contributed by atoms with E-state index in [4.69, 9.17) is 0 Å². The fourth-order valence-corrected chi connectivity index (χ4v) is 5.37. The number of nitrogens with one attached hydrogen (secondary N) is 1. The summed E-state index contributed by atoms with van der Waals surface area (Å²) in [6.45, 7) is 6.92. The van der Waals surface area contributed by atoms with Crippen molar-refractivity contribution in [1.82, 2.24) is 10.2 Å². The van der Waals surface area contributed by atoms with E-state index in [1.165, 1.54) is 48.1 Å². The molecule has 6 heteroatoms. The van der Waals surface area contributed by atoms with Crippen molar-refractivity contribution in [1.29, 1.82) is 0 Å². The average Bonchev–Trinajstić information content (AvgIpc) is 3.03. The molecule has 122 valence electrons. The van der Waals surface area contributed by atoms with Crippen molar-refractivity contribution in [3.63, 3.8) is 0 Å². The van der Waals surface area contributed by atoms with Crippen LogP contribution in [0, 0.1) is 12.8 Å². The van der Waals surface area contributed by atoms with Gasteiger partial charge in [0, 0.05) is 37.1 Å². The normalized spacial score (nSPS) is 21.6. The summed E-state index contributed by atoms with van der Waals surface area (Å²) in [6.07, 6.45) is 5.70. The largest absolute Gasteiger partial charge is 0.314 e. The van der Waals surface area contributed by atoms with Crippen LogP contribution in [0.4, 0.5) is 0 Å². The molecule has 1 aliphatic carbocycles. The highest BCUT2D eigenvalue weighted by atomic mass is 79.9. The lowest BCUT2D eigenvalue weighted by atomic mass is 9.94. The number of thiophene rings is 1. The van der Waals surface area contributed by atoms with Gasteiger partial charge in [0.1, 0.15) is 0 Å². The molecule has 1 atom stereocenters. The lowest BCUT2D eigenvalue weighted by Gasteiger charge is -2.37. The summed E-state index contributed by atoms with van der Waals surface area (Å²) in [5, 5.41) is 3.48. The minimum absolute atomic E-state index is 0. The van der Waals surface area contributed by atoms with Gasteiger partial charge in [0.15, 0.2) is 0 Å². The summed E-state index contributed by atoms with van der Waals surface area (Å²) in [5.41, 5.74) is 1.40. The summed E-state index contributed by atoms with van der Waals surface area (Å²) in [6, 6.07) is 3.08. The molecule has 2 heterocycles. The van der Waals surface area contributed by atoms with E-state index in [1.807, 2.05) is 11.3 Å². The van der Waals surface area contributed by atoms with Crippen molar-refractivity contribution in [2.24, 2.45) is 5.92 Å². The molecule has 2 fully saturated rings. The second kappa shape index (κ2) is 9.09. The predicted molar refractivity (Wildman–Crippen MR) is 100 cm³/mol. The Bertz CT molecular complexity index is 410. The van der Waals surface area contributed by atoms with Gasteiger partial charge in [0.2, 0.25) is 0 Å². The first-order valence-electron chi connectivity index (χ1n) is 7.46. The minimum Gasteiger partial charge on any atom is -0.314 e. The summed E-state index contributed by atoms with van der Waals surface area (Å²) >= 11 is 5.66. The number of halogens is 3. The first-order valence-corrected chi connectivity index (χ1v) is 9.07. The highest BCUT2D eigenvalue weighted by Crippen LogP contribution is 2.43. The van der Waals surface area contributed by atoms with Crippen LogP contribution in [0.3, 0.4) is 0 Å². The third kappa shape index (κ3) is 4.58. The summed E-state index contributed by atoms with van der Waals surface area (Å²) in [5.74, 6) is 0.878. The third-order valence-corrected chi connectivity index (χ3v) is 6.77. The van der Waals surface area contributed by atoms with Crippen LogP contribution < -0.4 is 5.32 Å². The van der Waals surface area contributed by atoms with Gasteiger partial charge in [-0.2, -0.15) is 0 Å². The lowest BCUT2D eigenvalue weighted by Crippen LogP contribution is -2.46. The van der Waals surface area contributed by atoms with Crippen molar-refractivity contribution in [3.05, 3.63) is 20.3 Å². The van der Waals surface area contributed by atoms with Crippen LogP contribution >= 0.6 is 52.1 Å². The van der Waals surface area contributed by atoms with Gasteiger partial charge in [0.25, 0.3) is 0 Å². The minimum atomic E-state index is 0. The maximum absolute atomic E-state index is 3.70. The molecule has 3 rings (SSSR count). The maximum atomic E-state index is 3.70. The third-order valence-electron chi connectivity index (χ3n) is 4.56. The number of piperazine rings is 1. The molecule has 0 radical (unpaired) electrons. The number of hydrogen-bond donors (Lipinski definition) is 1. The van der Waals surface area contributed by atoms with E-state index in [9.17, 15) is 0 Å². The van der Waals surface area contributed by atoms with E-state index < -0.39 is 0 Å². The molecule has 21 heavy (non-hydrogen) atoms. The quantitative estimate of drug-likeness (QED) is 0.762. The Morgan fingerprint density at radius 1 is 1.24 bits per heavy atom. The van der Waals surface area contributed by atoms with Crippen molar-refractivity contribution < 1.29 is 0 Å². The average molecular weight is 416 g/mol. The Hall–Kier alpha value is 0.680. The molecular weight excluding hydrogens is 391 g/mol. The Labute approximate surface area is 153 Å². The van der Waals surface area contributed by atoms with E-state index in [0.29, 0.717) is 6.04 Å². The molecule has 0 aromatic carbocycles. The molecule has 2 aliphatic rings. The van der Waals surface area contributed by atoms with Crippen LogP contribution in [0.2, 0.25) is 0 Å². The lowest BCUT2D eigenvalue weighted by molar-refractivity contribution is 0.128. The Morgan fingerprint density at radius 2 is 1.86 bits per heavy atom. The SMILES string of the molecule is Cc1cc([C@@H](C2CCCC2)N2CCNCC2)sc1Br.Cl.Cl. The monoisotopic (exact) mass is 414 g/mol. The maximum Gasteiger partial charge on any atom is 0.0731 e. The molecule has 0 spiro atoms. The molecule has 1 saturated carbocycles. The molecule has 1 saturated heterocycles. The van der Waals surface area contributed by atoms with E-state index >= 15 is 0 Å². The second-order valence-corrected chi connectivity index (χ2v) is 8.28. The topological polar surface area (TPSA) is 15.3 Å². The molecule has 0 unspecified atom stereocenters. The van der Waals surface area contributed by atoms with E-state index in [-0.39, 0.29) is 24.8 Å². The van der Waals surface area contributed by atoms with E-state index in [2.05, 4.69) is 39.1 Å². The van der Waals surface area contributed by atoms with Crippen LogP contribution in [0.1, 0.15) is 42.2 Å². The van der Waals surface area contributed by atoms with Crippen molar-refractivity contribution in [3.8, 4) is 0 Å². The van der Waals surface area contributed by atoms with Gasteiger partial charge in [-0.05, 0) is 53.2 Å². The second-order valence-electron chi connectivity index (χ2n) is 5.88. The molecule has 1 aromatic heterocycles. The van der Waals surface area contributed by atoms with Crippen LogP contribution in [0.25, 0.3) is 0 Å². The van der Waals surface area contributed by atoms with E-state index in [1.54, 1.807) is 4.88 Å². The van der Waals surface area contributed by atoms with E-state index in [0.717, 1.165) is 19.0 Å². The first kappa shape index (κ1) is 19.7. The Balaban J connectivity index is 0.00000110. The van der Waals surface area contributed by atoms with Crippen molar-refractivity contribution in [2.45, 2.75) is 38.6 Å². The molecular formula is C15H25BrCl2N2S. The number of rotatable bonds is 3. The molecule has 2 nitrogen and oxygen atoms in total. The van der Waals surface area contributed by atoms with Gasteiger partial charge >= 0.3 is 0 Å². The molecule has 1 aromatic rings. The molecule has 0 bridgehead atoms. The highest BCUT2D eigenvalue weighted by molar-refractivity contribution is 9.11. The number of nitrogens with zero attached hydrogens (tertiary/aromatic N) is 1. The zero-order chi connectivity index (χ0) is 13.2. The summed E-state index contributed by atoms with van der Waals surface area (Å²) in [7, 11) is 0. The standard InChI is InChI=1S/C15H23BrN2S.2ClH/c1-11-10-13(19-15(11)16)14(12-4-2-3-5-12)18-8-6-17-7-9-18;;/h10,12,14,17H,2-9H2,1H3;2*1H/t14-;;/m1../s1. The molecule has 1 N–H and O–H groups in total.